The summed E-state index contributed by atoms with van der Waals surface area (Å²) < 4.78 is 5.13. The number of hydrogen-bond acceptors (Lipinski definition) is 3. The van der Waals surface area contributed by atoms with E-state index in [9.17, 15) is 4.79 Å². The number of carbonyl (C=O) groups excluding carboxylic acids is 1. The third-order valence-electron chi connectivity index (χ3n) is 3.93. The molecule has 21 heavy (non-hydrogen) atoms. The zero-order valence-corrected chi connectivity index (χ0v) is 13.2. The van der Waals surface area contributed by atoms with Crippen molar-refractivity contribution in [1.29, 1.82) is 0 Å². The van der Waals surface area contributed by atoms with Crippen LogP contribution < -0.4 is 5.32 Å². The Kier molecular flexibility index (Phi) is 6.49. The number of carbonyl (C=O) groups is 1. The molecule has 1 aliphatic heterocycles. The summed E-state index contributed by atoms with van der Waals surface area (Å²) in [6.07, 6.45) is 2.66. The summed E-state index contributed by atoms with van der Waals surface area (Å²) in [4.78, 5) is 14.4. The van der Waals surface area contributed by atoms with Crippen molar-refractivity contribution in [2.75, 3.05) is 33.4 Å². The summed E-state index contributed by atoms with van der Waals surface area (Å²) in [7, 11) is 1.72. The van der Waals surface area contributed by atoms with Gasteiger partial charge in [0.2, 0.25) is 5.91 Å². The summed E-state index contributed by atoms with van der Waals surface area (Å²) in [6.45, 7) is 3.47. The van der Waals surface area contributed by atoms with Crippen LogP contribution in [0.2, 0.25) is 5.02 Å². The summed E-state index contributed by atoms with van der Waals surface area (Å²) in [6, 6.07) is 7.90. The average Bonchev–Trinajstić information content (AvgIpc) is 2.93. The molecule has 0 spiro atoms. The lowest BCUT2D eigenvalue weighted by Gasteiger charge is -2.24. The highest BCUT2D eigenvalue weighted by molar-refractivity contribution is 6.31. The fraction of sp³-hybridized carbons (Fsp3) is 0.562. The monoisotopic (exact) mass is 310 g/mol. The fourth-order valence-electron chi connectivity index (χ4n) is 2.74. The lowest BCUT2D eigenvalue weighted by molar-refractivity contribution is -0.120. The summed E-state index contributed by atoms with van der Waals surface area (Å²) in [5.74, 6) is 0.0293. The van der Waals surface area contributed by atoms with Gasteiger partial charge in [-0.3, -0.25) is 9.69 Å². The minimum atomic E-state index is 0.0293. The molecule has 0 radical (unpaired) electrons. The third kappa shape index (κ3) is 4.99. The van der Waals surface area contributed by atoms with Crippen LogP contribution in [0, 0.1) is 0 Å². The topological polar surface area (TPSA) is 41.6 Å². The van der Waals surface area contributed by atoms with Gasteiger partial charge in [0, 0.05) is 31.3 Å². The van der Waals surface area contributed by atoms with Crippen molar-refractivity contribution >= 4 is 17.5 Å². The molecule has 2 rings (SSSR count). The largest absolute Gasteiger partial charge is 0.383 e. The third-order valence-corrected chi connectivity index (χ3v) is 4.29. The highest BCUT2D eigenvalue weighted by Gasteiger charge is 2.24. The van der Waals surface area contributed by atoms with Crippen LogP contribution in [0.15, 0.2) is 24.3 Å². The van der Waals surface area contributed by atoms with Crippen LogP contribution in [0.4, 0.5) is 0 Å². The van der Waals surface area contributed by atoms with E-state index in [2.05, 4.69) is 10.2 Å². The van der Waals surface area contributed by atoms with E-state index in [1.807, 2.05) is 24.3 Å². The Labute approximate surface area is 131 Å². The van der Waals surface area contributed by atoms with Gasteiger partial charge in [0.05, 0.1) is 13.0 Å². The number of likely N-dealkylation sites (tertiary alicyclic amines) is 1. The molecule has 1 amide bonds. The second-order valence-corrected chi connectivity index (χ2v) is 5.80. The maximum atomic E-state index is 12.0. The van der Waals surface area contributed by atoms with Gasteiger partial charge < -0.3 is 10.1 Å². The van der Waals surface area contributed by atoms with E-state index >= 15 is 0 Å². The Morgan fingerprint density at radius 2 is 2.29 bits per heavy atom. The van der Waals surface area contributed by atoms with Crippen LogP contribution in [-0.2, 0) is 16.0 Å². The van der Waals surface area contributed by atoms with E-state index in [0.29, 0.717) is 24.0 Å². The number of hydrogen-bond donors (Lipinski definition) is 1. The molecule has 0 bridgehead atoms. The van der Waals surface area contributed by atoms with Gasteiger partial charge in [0.25, 0.3) is 0 Å². The van der Waals surface area contributed by atoms with Crippen molar-refractivity contribution in [3.05, 3.63) is 34.9 Å². The molecule has 1 aromatic rings. The highest BCUT2D eigenvalue weighted by atomic mass is 35.5. The fourth-order valence-corrected chi connectivity index (χ4v) is 2.94. The van der Waals surface area contributed by atoms with Gasteiger partial charge in [0.15, 0.2) is 0 Å². The lowest BCUT2D eigenvalue weighted by atomic mass is 10.1. The minimum Gasteiger partial charge on any atom is -0.383 e. The first kappa shape index (κ1) is 16.3. The second-order valence-electron chi connectivity index (χ2n) is 5.40. The smallest absolute Gasteiger partial charge is 0.224 e. The number of ether oxygens (including phenoxy) is 1. The van der Waals surface area contributed by atoms with Gasteiger partial charge in [-0.25, -0.2) is 0 Å². The summed E-state index contributed by atoms with van der Waals surface area (Å²) in [5.41, 5.74) is 0.874. The van der Waals surface area contributed by atoms with Gasteiger partial charge in [-0.15, -0.1) is 0 Å². The summed E-state index contributed by atoms with van der Waals surface area (Å²) in [5, 5.41) is 3.68. The van der Waals surface area contributed by atoms with Gasteiger partial charge in [0.1, 0.15) is 0 Å². The number of amides is 1. The van der Waals surface area contributed by atoms with Crippen LogP contribution in [0.1, 0.15) is 18.4 Å². The molecule has 1 fully saturated rings. The Bertz CT molecular complexity index is 467. The van der Waals surface area contributed by atoms with E-state index in [1.165, 1.54) is 6.42 Å². The normalized spacial score (nSPS) is 18.9. The van der Waals surface area contributed by atoms with Crippen molar-refractivity contribution in [2.24, 2.45) is 0 Å². The molecule has 5 heteroatoms. The Morgan fingerprint density at radius 3 is 3.05 bits per heavy atom. The van der Waals surface area contributed by atoms with Crippen molar-refractivity contribution in [3.8, 4) is 0 Å². The molecule has 0 saturated carbocycles. The highest BCUT2D eigenvalue weighted by Crippen LogP contribution is 2.17. The molecule has 116 valence electrons. The molecule has 4 nitrogen and oxygen atoms in total. The van der Waals surface area contributed by atoms with Crippen LogP contribution in [0.25, 0.3) is 0 Å². The molecule has 1 N–H and O–H groups in total. The van der Waals surface area contributed by atoms with E-state index in [-0.39, 0.29) is 5.91 Å². The number of halogens is 1. The quantitative estimate of drug-likeness (QED) is 0.838. The summed E-state index contributed by atoms with van der Waals surface area (Å²) >= 11 is 6.07. The predicted octanol–water partition coefficient (Wildman–Crippen LogP) is 2.11. The number of nitrogens with one attached hydrogen (secondary N) is 1. The number of methoxy groups -OCH3 is 1. The molecular weight excluding hydrogens is 288 g/mol. The minimum absolute atomic E-state index is 0.0293. The first-order chi connectivity index (χ1) is 10.2. The SMILES string of the molecule is COCCN1CCC[C@@H]1CNC(=O)Cc1ccccc1Cl. The van der Waals surface area contributed by atoms with E-state index in [4.69, 9.17) is 16.3 Å². The zero-order valence-electron chi connectivity index (χ0n) is 12.5. The van der Waals surface area contributed by atoms with Crippen molar-refractivity contribution < 1.29 is 9.53 Å². The van der Waals surface area contributed by atoms with E-state index < -0.39 is 0 Å². The molecular formula is C16H23ClN2O2. The van der Waals surface area contributed by atoms with Crippen molar-refractivity contribution in [3.63, 3.8) is 0 Å². The van der Waals surface area contributed by atoms with E-state index in [0.717, 1.165) is 31.7 Å². The zero-order chi connectivity index (χ0) is 15.1. The second kappa shape index (κ2) is 8.37. The molecule has 0 aromatic heterocycles. The van der Waals surface area contributed by atoms with Gasteiger partial charge in [-0.2, -0.15) is 0 Å². The van der Waals surface area contributed by atoms with Crippen LogP contribution >= 0.6 is 11.6 Å². The Morgan fingerprint density at radius 1 is 1.48 bits per heavy atom. The molecule has 0 unspecified atom stereocenters. The standard InChI is InChI=1S/C16H23ClN2O2/c1-21-10-9-19-8-4-6-14(19)12-18-16(20)11-13-5-2-3-7-15(13)17/h2-3,5,7,14H,4,6,8-12H2,1H3,(H,18,20)/t14-/m1/s1. The van der Waals surface area contributed by atoms with E-state index in [1.54, 1.807) is 7.11 Å². The van der Waals surface area contributed by atoms with Gasteiger partial charge in [-0.1, -0.05) is 29.8 Å². The molecule has 1 heterocycles. The van der Waals surface area contributed by atoms with Crippen molar-refractivity contribution in [2.45, 2.75) is 25.3 Å². The molecule has 1 aromatic carbocycles. The molecule has 1 aliphatic rings. The lowest BCUT2D eigenvalue weighted by Crippen LogP contribution is -2.41. The number of rotatable bonds is 7. The van der Waals surface area contributed by atoms with Crippen molar-refractivity contribution in [1.82, 2.24) is 10.2 Å². The maximum absolute atomic E-state index is 12.0. The van der Waals surface area contributed by atoms with Gasteiger partial charge >= 0.3 is 0 Å². The number of benzene rings is 1. The molecule has 1 saturated heterocycles. The maximum Gasteiger partial charge on any atom is 0.224 e. The first-order valence-corrected chi connectivity index (χ1v) is 7.81. The Hall–Kier alpha value is -1.10. The predicted molar refractivity (Wildman–Crippen MR) is 84.6 cm³/mol. The van der Waals surface area contributed by atoms with Crippen LogP contribution in [0.5, 0.6) is 0 Å². The Balaban J connectivity index is 1.77. The first-order valence-electron chi connectivity index (χ1n) is 7.44. The molecule has 1 atom stereocenters. The molecule has 0 aliphatic carbocycles. The van der Waals surface area contributed by atoms with Crippen LogP contribution in [0.3, 0.4) is 0 Å². The van der Waals surface area contributed by atoms with Gasteiger partial charge in [-0.05, 0) is 31.0 Å². The average molecular weight is 311 g/mol. The van der Waals surface area contributed by atoms with Crippen LogP contribution in [-0.4, -0.2) is 50.2 Å². The number of nitrogens with zero attached hydrogens (tertiary/aromatic N) is 1.